The summed E-state index contributed by atoms with van der Waals surface area (Å²) in [6.07, 6.45) is 4.25. The van der Waals surface area contributed by atoms with Gasteiger partial charge in [-0.05, 0) is 56.3 Å². The van der Waals surface area contributed by atoms with Crippen LogP contribution in [0.15, 0.2) is 0 Å². The Bertz CT molecular complexity index is 517. The van der Waals surface area contributed by atoms with Crippen molar-refractivity contribution in [2.45, 2.75) is 77.3 Å². The van der Waals surface area contributed by atoms with Crippen LogP contribution in [-0.4, -0.2) is 28.6 Å². The fraction of sp³-hybridized carbons (Fsp3) is 0.947. The molecule has 3 aliphatic carbocycles. The van der Waals surface area contributed by atoms with Gasteiger partial charge in [0, 0.05) is 12.3 Å². The number of hydrogen-bond donors (Lipinski definition) is 1. The normalized spacial score (nSPS) is 55.3. The Kier molecular flexibility index (Phi) is 3.42. The second-order valence-electron chi connectivity index (χ2n) is 9.13. The third-order valence-electron chi connectivity index (χ3n) is 7.26. The number of rotatable bonds is 1. The highest BCUT2D eigenvalue weighted by molar-refractivity contribution is 5.77. The van der Waals surface area contributed by atoms with Gasteiger partial charge in [-0.1, -0.05) is 20.8 Å². The summed E-state index contributed by atoms with van der Waals surface area (Å²) < 4.78 is 12.8. The maximum atomic E-state index is 12.9. The molecule has 4 aliphatic rings. The van der Waals surface area contributed by atoms with Crippen molar-refractivity contribution >= 4 is 5.97 Å². The molecular weight excluding hydrogens is 292 g/mol. The molecule has 8 atom stereocenters. The average molecular weight is 322 g/mol. The van der Waals surface area contributed by atoms with E-state index in [-0.39, 0.29) is 29.8 Å². The van der Waals surface area contributed by atoms with Gasteiger partial charge in [-0.3, -0.25) is 4.79 Å². The zero-order valence-corrected chi connectivity index (χ0v) is 14.7. The van der Waals surface area contributed by atoms with E-state index in [0.717, 1.165) is 25.7 Å². The van der Waals surface area contributed by atoms with Crippen LogP contribution in [0.1, 0.15) is 59.8 Å². The Balaban J connectivity index is 1.68. The summed E-state index contributed by atoms with van der Waals surface area (Å²) in [4.78, 5) is 12.9. The summed E-state index contributed by atoms with van der Waals surface area (Å²) in [5.41, 5.74) is -0.443. The molecular formula is C19H30O4. The second-order valence-corrected chi connectivity index (χ2v) is 9.13. The van der Waals surface area contributed by atoms with E-state index in [9.17, 15) is 9.90 Å². The van der Waals surface area contributed by atoms with Crippen molar-refractivity contribution in [3.05, 3.63) is 0 Å². The minimum absolute atomic E-state index is 0.0751. The third-order valence-corrected chi connectivity index (χ3v) is 7.26. The lowest BCUT2D eigenvalue weighted by Gasteiger charge is -2.64. The smallest absolute Gasteiger partial charge is 0.314 e. The molecule has 3 saturated carbocycles. The minimum atomic E-state index is -0.743. The Morgan fingerprint density at radius 1 is 1.26 bits per heavy atom. The van der Waals surface area contributed by atoms with Gasteiger partial charge in [-0.15, -0.1) is 0 Å². The third kappa shape index (κ3) is 2.07. The fourth-order valence-electron chi connectivity index (χ4n) is 6.28. The molecule has 1 spiro atoms. The molecule has 0 bridgehead atoms. The molecule has 4 heteroatoms. The number of aliphatic hydroxyl groups is 1. The predicted molar refractivity (Wildman–Crippen MR) is 85.4 cm³/mol. The van der Waals surface area contributed by atoms with Gasteiger partial charge in [-0.2, -0.15) is 0 Å². The molecule has 4 fully saturated rings. The van der Waals surface area contributed by atoms with Gasteiger partial charge in [0.05, 0.1) is 17.6 Å². The Labute approximate surface area is 138 Å². The van der Waals surface area contributed by atoms with E-state index in [1.165, 1.54) is 6.42 Å². The van der Waals surface area contributed by atoms with Crippen LogP contribution >= 0.6 is 0 Å². The first kappa shape index (κ1) is 15.9. The highest BCUT2D eigenvalue weighted by Gasteiger charge is 2.72. The van der Waals surface area contributed by atoms with E-state index >= 15 is 0 Å². The highest BCUT2D eigenvalue weighted by Crippen LogP contribution is 2.65. The summed E-state index contributed by atoms with van der Waals surface area (Å²) in [6, 6.07) is 0. The van der Waals surface area contributed by atoms with E-state index in [0.29, 0.717) is 17.8 Å². The van der Waals surface area contributed by atoms with Gasteiger partial charge in [-0.25, -0.2) is 0 Å². The number of fused-ring (bicyclic) bond motifs is 4. The number of esters is 1. The van der Waals surface area contributed by atoms with Crippen LogP contribution in [0, 0.1) is 35.5 Å². The van der Waals surface area contributed by atoms with Crippen LogP contribution in [-0.2, 0) is 14.3 Å². The number of carbonyl (C=O) groups is 1. The van der Waals surface area contributed by atoms with E-state index in [1.807, 2.05) is 0 Å². The maximum Gasteiger partial charge on any atom is 0.314 e. The van der Waals surface area contributed by atoms with Crippen LogP contribution in [0.2, 0.25) is 0 Å². The molecule has 0 aromatic heterocycles. The molecule has 0 aromatic carbocycles. The van der Waals surface area contributed by atoms with Gasteiger partial charge in [0.1, 0.15) is 0 Å². The molecule has 1 N–H and O–H groups in total. The number of aliphatic hydroxyl groups excluding tert-OH is 1. The van der Waals surface area contributed by atoms with Crippen molar-refractivity contribution in [2.24, 2.45) is 35.5 Å². The standard InChI is InChI=1S/C19H30O4/c1-10(2)14-6-5-11(3)9-19(14)22-17(21)16-13-7-12(20)8-15(13)18(16,4)23-19/h10-16,20H,5-9H2,1-4H3. The first-order valence-electron chi connectivity index (χ1n) is 9.38. The predicted octanol–water partition coefficient (Wildman–Crippen LogP) is 3.12. The van der Waals surface area contributed by atoms with Gasteiger partial charge < -0.3 is 14.6 Å². The van der Waals surface area contributed by atoms with Crippen molar-refractivity contribution in [1.82, 2.24) is 0 Å². The van der Waals surface area contributed by atoms with Crippen LogP contribution < -0.4 is 0 Å². The molecule has 130 valence electrons. The van der Waals surface area contributed by atoms with Gasteiger partial charge in [0.15, 0.2) is 0 Å². The van der Waals surface area contributed by atoms with Gasteiger partial charge in [0.25, 0.3) is 0 Å². The van der Waals surface area contributed by atoms with Crippen LogP contribution in [0.3, 0.4) is 0 Å². The lowest BCUT2D eigenvalue weighted by atomic mass is 9.54. The molecule has 4 rings (SSSR count). The number of ether oxygens (including phenoxy) is 2. The van der Waals surface area contributed by atoms with Crippen LogP contribution in [0.4, 0.5) is 0 Å². The topological polar surface area (TPSA) is 55.8 Å². The number of hydrogen-bond acceptors (Lipinski definition) is 4. The second kappa shape index (κ2) is 4.95. The van der Waals surface area contributed by atoms with Gasteiger partial charge >= 0.3 is 5.97 Å². The van der Waals surface area contributed by atoms with Crippen LogP contribution in [0.25, 0.3) is 0 Å². The summed E-state index contributed by atoms with van der Waals surface area (Å²) in [7, 11) is 0. The molecule has 1 saturated heterocycles. The lowest BCUT2D eigenvalue weighted by molar-refractivity contribution is -0.392. The van der Waals surface area contributed by atoms with Crippen molar-refractivity contribution in [1.29, 1.82) is 0 Å². The summed E-state index contributed by atoms with van der Waals surface area (Å²) in [5.74, 6) is 0.770. The molecule has 0 aromatic rings. The Morgan fingerprint density at radius 3 is 2.70 bits per heavy atom. The van der Waals surface area contributed by atoms with E-state index in [4.69, 9.17) is 9.47 Å². The molecule has 0 amide bonds. The first-order valence-corrected chi connectivity index (χ1v) is 9.38. The summed E-state index contributed by atoms with van der Waals surface area (Å²) in [6.45, 7) is 8.73. The largest absolute Gasteiger partial charge is 0.432 e. The first-order chi connectivity index (χ1) is 10.8. The van der Waals surface area contributed by atoms with E-state index in [2.05, 4.69) is 27.7 Å². The molecule has 0 radical (unpaired) electrons. The average Bonchev–Trinajstić information content (AvgIpc) is 2.76. The Morgan fingerprint density at radius 2 is 2.00 bits per heavy atom. The van der Waals surface area contributed by atoms with Crippen LogP contribution in [0.5, 0.6) is 0 Å². The summed E-state index contributed by atoms with van der Waals surface area (Å²) >= 11 is 0. The quantitative estimate of drug-likeness (QED) is 0.754. The monoisotopic (exact) mass is 322 g/mol. The van der Waals surface area contributed by atoms with E-state index in [1.54, 1.807) is 0 Å². The molecule has 8 unspecified atom stereocenters. The maximum absolute atomic E-state index is 12.9. The lowest BCUT2D eigenvalue weighted by Crippen LogP contribution is -2.72. The number of carbonyl (C=O) groups excluding carboxylic acids is 1. The zero-order valence-electron chi connectivity index (χ0n) is 14.7. The van der Waals surface area contributed by atoms with Crippen molar-refractivity contribution in [2.75, 3.05) is 0 Å². The Hall–Kier alpha value is -0.610. The minimum Gasteiger partial charge on any atom is -0.432 e. The molecule has 1 aliphatic heterocycles. The van der Waals surface area contributed by atoms with Crippen molar-refractivity contribution in [3.63, 3.8) is 0 Å². The zero-order chi connectivity index (χ0) is 16.6. The van der Waals surface area contributed by atoms with E-state index < -0.39 is 11.4 Å². The van der Waals surface area contributed by atoms with Gasteiger partial charge in [0.2, 0.25) is 5.79 Å². The SMILES string of the molecule is CC1CCC(C(C)C)C2(C1)OC(=O)C1C3CC(O)CC3C1(C)O2. The molecule has 4 nitrogen and oxygen atoms in total. The fourth-order valence-corrected chi connectivity index (χ4v) is 6.28. The molecule has 1 heterocycles. The highest BCUT2D eigenvalue weighted by atomic mass is 16.7. The van der Waals surface area contributed by atoms with Crippen molar-refractivity contribution < 1.29 is 19.4 Å². The van der Waals surface area contributed by atoms with Crippen molar-refractivity contribution in [3.8, 4) is 0 Å². The summed E-state index contributed by atoms with van der Waals surface area (Å²) in [5, 5.41) is 10.0. The molecule has 23 heavy (non-hydrogen) atoms.